The largest absolute Gasteiger partial charge is 0.370 e. The van der Waals surface area contributed by atoms with E-state index in [1.54, 1.807) is 0 Å². The third-order valence-electron chi connectivity index (χ3n) is 3.26. The summed E-state index contributed by atoms with van der Waals surface area (Å²) in [5, 5.41) is 3.38. The van der Waals surface area contributed by atoms with Crippen LogP contribution in [0.3, 0.4) is 0 Å². The van der Waals surface area contributed by atoms with E-state index in [9.17, 15) is 0 Å². The van der Waals surface area contributed by atoms with E-state index in [0.29, 0.717) is 12.0 Å². The molecule has 1 heterocycles. The minimum Gasteiger partial charge on any atom is -0.370 e. The fourth-order valence-electron chi connectivity index (χ4n) is 2.15. The number of hydrogen-bond acceptors (Lipinski definition) is 3. The summed E-state index contributed by atoms with van der Waals surface area (Å²) in [6.45, 7) is 8.02. The molecular formula is C13H23N3O. The van der Waals surface area contributed by atoms with Gasteiger partial charge in [-0.2, -0.15) is 0 Å². The van der Waals surface area contributed by atoms with Gasteiger partial charge in [-0.25, -0.2) is 4.98 Å². The number of aromatic nitrogens is 2. The summed E-state index contributed by atoms with van der Waals surface area (Å²) in [7, 11) is 0. The summed E-state index contributed by atoms with van der Waals surface area (Å²) in [4.78, 5) is 7.88. The molecule has 0 bridgehead atoms. The number of imidazole rings is 1. The fourth-order valence-corrected chi connectivity index (χ4v) is 2.15. The van der Waals surface area contributed by atoms with Crippen LogP contribution >= 0.6 is 0 Å². The Morgan fingerprint density at radius 1 is 1.53 bits per heavy atom. The first kappa shape index (κ1) is 12.6. The van der Waals surface area contributed by atoms with E-state index < -0.39 is 0 Å². The molecule has 1 aliphatic carbocycles. The highest BCUT2D eigenvalue weighted by atomic mass is 16.5. The molecule has 0 saturated heterocycles. The second kappa shape index (κ2) is 5.65. The van der Waals surface area contributed by atoms with Gasteiger partial charge in [0.15, 0.2) is 0 Å². The Morgan fingerprint density at radius 3 is 2.88 bits per heavy atom. The van der Waals surface area contributed by atoms with Crippen LogP contribution in [0.4, 0.5) is 0 Å². The van der Waals surface area contributed by atoms with Gasteiger partial charge in [-0.3, -0.25) is 0 Å². The van der Waals surface area contributed by atoms with Gasteiger partial charge in [0, 0.05) is 18.8 Å². The Hall–Kier alpha value is -0.870. The molecule has 96 valence electrons. The van der Waals surface area contributed by atoms with Gasteiger partial charge in [0.1, 0.15) is 11.9 Å². The summed E-state index contributed by atoms with van der Waals surface area (Å²) >= 11 is 0. The van der Waals surface area contributed by atoms with Gasteiger partial charge in [-0.1, -0.05) is 6.92 Å². The highest BCUT2D eigenvalue weighted by molar-refractivity contribution is 5.09. The quantitative estimate of drug-likeness (QED) is 0.766. The van der Waals surface area contributed by atoms with Gasteiger partial charge in [0.2, 0.25) is 0 Å². The molecule has 1 aliphatic rings. The average Bonchev–Trinajstić information content (AvgIpc) is 3.03. The number of hydrogen-bond donors (Lipinski definition) is 2. The maximum absolute atomic E-state index is 5.79. The maximum Gasteiger partial charge on any atom is 0.135 e. The molecule has 0 aliphatic heterocycles. The number of ether oxygens (including phenoxy) is 1. The third kappa shape index (κ3) is 3.07. The van der Waals surface area contributed by atoms with Gasteiger partial charge in [0.05, 0.1) is 5.69 Å². The van der Waals surface area contributed by atoms with E-state index in [4.69, 9.17) is 4.74 Å². The normalized spacial score (nSPS) is 19.2. The van der Waals surface area contributed by atoms with Crippen molar-refractivity contribution in [3.63, 3.8) is 0 Å². The molecular weight excluding hydrogens is 214 g/mol. The van der Waals surface area contributed by atoms with Gasteiger partial charge >= 0.3 is 0 Å². The zero-order valence-electron chi connectivity index (χ0n) is 11.0. The van der Waals surface area contributed by atoms with Gasteiger partial charge < -0.3 is 15.0 Å². The van der Waals surface area contributed by atoms with Crippen molar-refractivity contribution in [3.05, 3.63) is 17.7 Å². The van der Waals surface area contributed by atoms with E-state index in [2.05, 4.69) is 29.1 Å². The lowest BCUT2D eigenvalue weighted by Gasteiger charge is -2.14. The molecule has 2 unspecified atom stereocenters. The molecule has 4 heteroatoms. The summed E-state index contributed by atoms with van der Waals surface area (Å²) in [5.41, 5.74) is 1.15. The highest BCUT2D eigenvalue weighted by Gasteiger charge is 2.34. The summed E-state index contributed by atoms with van der Waals surface area (Å²) in [6, 6.07) is 0.322. The van der Waals surface area contributed by atoms with Gasteiger partial charge in [0.25, 0.3) is 0 Å². The van der Waals surface area contributed by atoms with Crippen molar-refractivity contribution in [2.75, 3.05) is 13.2 Å². The number of aromatic amines is 1. The van der Waals surface area contributed by atoms with Crippen molar-refractivity contribution in [3.8, 4) is 0 Å². The predicted octanol–water partition coefficient (Wildman–Crippen LogP) is 2.57. The Labute approximate surface area is 103 Å². The van der Waals surface area contributed by atoms with Crippen molar-refractivity contribution < 1.29 is 4.74 Å². The SMILES string of the molecule is CCNC(C)c1cnc(C(OCC)C2CC2)[nH]1. The average molecular weight is 237 g/mol. The van der Waals surface area contributed by atoms with Crippen LogP contribution in [0.2, 0.25) is 0 Å². The molecule has 0 radical (unpaired) electrons. The van der Waals surface area contributed by atoms with Crippen LogP contribution in [0, 0.1) is 5.92 Å². The minimum absolute atomic E-state index is 0.169. The van der Waals surface area contributed by atoms with Crippen LogP contribution in [0.15, 0.2) is 6.20 Å². The Kier molecular flexibility index (Phi) is 4.18. The van der Waals surface area contributed by atoms with E-state index in [1.165, 1.54) is 12.8 Å². The van der Waals surface area contributed by atoms with Crippen LogP contribution in [-0.2, 0) is 4.74 Å². The summed E-state index contributed by atoms with van der Waals surface area (Å²) in [6.07, 6.45) is 4.63. The standard InChI is InChI=1S/C13H23N3O/c1-4-14-9(3)11-8-15-13(16-11)12(17-5-2)10-6-7-10/h8-10,12,14H,4-7H2,1-3H3,(H,15,16). The summed E-state index contributed by atoms with van der Waals surface area (Å²) < 4.78 is 5.79. The molecule has 2 N–H and O–H groups in total. The smallest absolute Gasteiger partial charge is 0.135 e. The monoisotopic (exact) mass is 237 g/mol. The lowest BCUT2D eigenvalue weighted by atomic mass is 10.2. The number of nitrogens with one attached hydrogen (secondary N) is 2. The first-order valence-electron chi connectivity index (χ1n) is 6.66. The molecule has 4 nitrogen and oxygen atoms in total. The second-order valence-electron chi connectivity index (χ2n) is 4.72. The lowest BCUT2D eigenvalue weighted by molar-refractivity contribution is 0.0405. The van der Waals surface area contributed by atoms with E-state index in [0.717, 1.165) is 24.7 Å². The molecule has 1 saturated carbocycles. The van der Waals surface area contributed by atoms with Crippen molar-refractivity contribution in [2.45, 2.75) is 45.8 Å². The van der Waals surface area contributed by atoms with Crippen LogP contribution in [0.5, 0.6) is 0 Å². The van der Waals surface area contributed by atoms with Crippen molar-refractivity contribution in [2.24, 2.45) is 5.92 Å². The molecule has 2 rings (SSSR count). The van der Waals surface area contributed by atoms with Crippen molar-refractivity contribution in [1.82, 2.24) is 15.3 Å². The molecule has 1 fully saturated rings. The van der Waals surface area contributed by atoms with Crippen molar-refractivity contribution >= 4 is 0 Å². The zero-order valence-corrected chi connectivity index (χ0v) is 11.0. The van der Waals surface area contributed by atoms with Crippen LogP contribution in [-0.4, -0.2) is 23.1 Å². The van der Waals surface area contributed by atoms with Crippen LogP contribution < -0.4 is 5.32 Å². The number of nitrogens with zero attached hydrogens (tertiary/aromatic N) is 1. The second-order valence-corrected chi connectivity index (χ2v) is 4.72. The molecule has 0 amide bonds. The third-order valence-corrected chi connectivity index (χ3v) is 3.26. The first-order valence-corrected chi connectivity index (χ1v) is 6.66. The molecule has 1 aromatic heterocycles. The van der Waals surface area contributed by atoms with Crippen LogP contribution in [0.25, 0.3) is 0 Å². The lowest BCUT2D eigenvalue weighted by Crippen LogP contribution is -2.18. The molecule has 1 aromatic rings. The maximum atomic E-state index is 5.79. The van der Waals surface area contributed by atoms with Gasteiger partial charge in [-0.05, 0) is 39.2 Å². The zero-order chi connectivity index (χ0) is 12.3. The van der Waals surface area contributed by atoms with Crippen LogP contribution in [0.1, 0.15) is 57.3 Å². The first-order chi connectivity index (χ1) is 8.26. The highest BCUT2D eigenvalue weighted by Crippen LogP contribution is 2.42. The van der Waals surface area contributed by atoms with Crippen molar-refractivity contribution in [1.29, 1.82) is 0 Å². The molecule has 17 heavy (non-hydrogen) atoms. The fraction of sp³-hybridized carbons (Fsp3) is 0.769. The minimum atomic E-state index is 0.169. The molecule has 2 atom stereocenters. The van der Waals surface area contributed by atoms with Gasteiger partial charge in [-0.15, -0.1) is 0 Å². The Balaban J connectivity index is 2.04. The number of rotatable bonds is 7. The van der Waals surface area contributed by atoms with E-state index in [1.807, 2.05) is 13.1 Å². The predicted molar refractivity (Wildman–Crippen MR) is 67.8 cm³/mol. The molecule has 0 aromatic carbocycles. The molecule has 0 spiro atoms. The summed E-state index contributed by atoms with van der Waals surface area (Å²) in [5.74, 6) is 1.66. The van der Waals surface area contributed by atoms with E-state index in [-0.39, 0.29) is 6.10 Å². The number of H-pyrrole nitrogens is 1. The Bertz CT molecular complexity index is 346. The van der Waals surface area contributed by atoms with E-state index >= 15 is 0 Å². The topological polar surface area (TPSA) is 49.9 Å². The Morgan fingerprint density at radius 2 is 2.29 bits per heavy atom.